The number of aliphatic hydroxyl groups excluding tert-OH is 1. The monoisotopic (exact) mass is 234 g/mol. The van der Waals surface area contributed by atoms with Crippen molar-refractivity contribution in [3.8, 4) is 0 Å². The molecule has 0 spiro atoms. The SMILES string of the molecule is COC(=O)CC(OC(C)=O)C(O)C(=O)OC. The molecule has 2 atom stereocenters. The first kappa shape index (κ1) is 14.4. The van der Waals surface area contributed by atoms with Crippen LogP contribution >= 0.6 is 0 Å². The predicted octanol–water partition coefficient (Wildman–Crippen LogP) is -0.985. The van der Waals surface area contributed by atoms with E-state index in [-0.39, 0.29) is 0 Å². The summed E-state index contributed by atoms with van der Waals surface area (Å²) in [7, 11) is 2.20. The summed E-state index contributed by atoms with van der Waals surface area (Å²) in [4.78, 5) is 32.6. The molecule has 0 aromatic carbocycles. The summed E-state index contributed by atoms with van der Waals surface area (Å²) in [6.07, 6.45) is -3.45. The number of ether oxygens (including phenoxy) is 3. The van der Waals surface area contributed by atoms with E-state index in [4.69, 9.17) is 0 Å². The van der Waals surface area contributed by atoms with Crippen LogP contribution in [0.2, 0.25) is 0 Å². The second-order valence-electron chi connectivity index (χ2n) is 2.90. The van der Waals surface area contributed by atoms with E-state index in [2.05, 4.69) is 14.2 Å². The van der Waals surface area contributed by atoms with Gasteiger partial charge in [0, 0.05) is 6.92 Å². The Balaban J connectivity index is 4.58. The molecule has 0 aliphatic heterocycles. The van der Waals surface area contributed by atoms with Crippen molar-refractivity contribution >= 4 is 17.9 Å². The van der Waals surface area contributed by atoms with E-state index in [0.717, 1.165) is 21.1 Å². The molecule has 0 saturated carbocycles. The Labute approximate surface area is 92.3 Å². The highest BCUT2D eigenvalue weighted by Gasteiger charge is 2.31. The second-order valence-corrected chi connectivity index (χ2v) is 2.90. The summed E-state index contributed by atoms with van der Waals surface area (Å²) in [5, 5.41) is 9.41. The number of rotatable bonds is 5. The molecule has 0 heterocycles. The van der Waals surface area contributed by atoms with Crippen LogP contribution in [0.25, 0.3) is 0 Å². The third-order valence-corrected chi connectivity index (χ3v) is 1.71. The minimum Gasteiger partial charge on any atom is -0.469 e. The van der Waals surface area contributed by atoms with Gasteiger partial charge in [-0.2, -0.15) is 0 Å². The maximum Gasteiger partial charge on any atom is 0.338 e. The Kier molecular flexibility index (Phi) is 6.09. The molecule has 0 saturated heterocycles. The standard InChI is InChI=1S/C9H14O7/c1-5(10)16-6(4-7(11)14-2)8(12)9(13)15-3/h6,8,12H,4H2,1-3H3. The first-order chi connectivity index (χ1) is 7.42. The van der Waals surface area contributed by atoms with E-state index in [1.165, 1.54) is 0 Å². The van der Waals surface area contributed by atoms with Gasteiger partial charge >= 0.3 is 17.9 Å². The molecule has 0 radical (unpaired) electrons. The number of carbonyl (C=O) groups is 3. The fourth-order valence-electron chi connectivity index (χ4n) is 0.951. The molecule has 0 aliphatic rings. The van der Waals surface area contributed by atoms with Gasteiger partial charge < -0.3 is 19.3 Å². The number of hydrogen-bond donors (Lipinski definition) is 1. The van der Waals surface area contributed by atoms with Gasteiger partial charge in [-0.05, 0) is 0 Å². The molecular weight excluding hydrogens is 220 g/mol. The maximum atomic E-state index is 11.0. The summed E-state index contributed by atoms with van der Waals surface area (Å²) < 4.78 is 13.2. The van der Waals surface area contributed by atoms with Crippen LogP contribution < -0.4 is 0 Å². The van der Waals surface area contributed by atoms with Crippen molar-refractivity contribution in [2.24, 2.45) is 0 Å². The Hall–Kier alpha value is -1.63. The zero-order valence-electron chi connectivity index (χ0n) is 9.26. The van der Waals surface area contributed by atoms with Crippen LogP contribution in [0, 0.1) is 0 Å². The van der Waals surface area contributed by atoms with Gasteiger partial charge in [0.25, 0.3) is 0 Å². The number of esters is 3. The van der Waals surface area contributed by atoms with E-state index < -0.39 is 36.5 Å². The van der Waals surface area contributed by atoms with Crippen molar-refractivity contribution in [3.63, 3.8) is 0 Å². The van der Waals surface area contributed by atoms with Crippen molar-refractivity contribution in [1.82, 2.24) is 0 Å². The average Bonchev–Trinajstić information content (AvgIpc) is 2.25. The largest absolute Gasteiger partial charge is 0.469 e. The van der Waals surface area contributed by atoms with Gasteiger partial charge in [-0.25, -0.2) is 4.79 Å². The van der Waals surface area contributed by atoms with Crippen molar-refractivity contribution < 1.29 is 33.7 Å². The fourth-order valence-corrected chi connectivity index (χ4v) is 0.951. The quantitative estimate of drug-likeness (QED) is 0.481. The molecule has 7 nitrogen and oxygen atoms in total. The first-order valence-corrected chi connectivity index (χ1v) is 4.42. The van der Waals surface area contributed by atoms with E-state index in [9.17, 15) is 19.5 Å². The molecule has 0 aliphatic carbocycles. The molecule has 1 N–H and O–H groups in total. The minimum absolute atomic E-state index is 0.424. The fraction of sp³-hybridized carbons (Fsp3) is 0.667. The lowest BCUT2D eigenvalue weighted by atomic mass is 10.1. The van der Waals surface area contributed by atoms with Crippen LogP contribution in [0.5, 0.6) is 0 Å². The normalized spacial score (nSPS) is 13.5. The first-order valence-electron chi connectivity index (χ1n) is 4.42. The zero-order chi connectivity index (χ0) is 12.7. The molecule has 0 rings (SSSR count). The number of carbonyl (C=O) groups excluding carboxylic acids is 3. The van der Waals surface area contributed by atoms with Crippen LogP contribution in [0.1, 0.15) is 13.3 Å². The Morgan fingerprint density at radius 2 is 1.75 bits per heavy atom. The lowest BCUT2D eigenvalue weighted by molar-refractivity contribution is -0.169. The Morgan fingerprint density at radius 3 is 2.12 bits per heavy atom. The Morgan fingerprint density at radius 1 is 1.19 bits per heavy atom. The molecule has 0 aromatic rings. The number of aliphatic hydroxyl groups is 1. The van der Waals surface area contributed by atoms with Crippen molar-refractivity contribution in [2.75, 3.05) is 14.2 Å². The van der Waals surface area contributed by atoms with Gasteiger partial charge in [0.05, 0.1) is 20.6 Å². The van der Waals surface area contributed by atoms with Crippen LogP contribution in [0.15, 0.2) is 0 Å². The average molecular weight is 234 g/mol. The Bertz CT molecular complexity index is 273. The van der Waals surface area contributed by atoms with Gasteiger partial charge in [-0.3, -0.25) is 9.59 Å². The summed E-state index contributed by atoms with van der Waals surface area (Å²) in [6, 6.07) is 0. The molecule has 7 heteroatoms. The number of hydrogen-bond acceptors (Lipinski definition) is 7. The molecule has 2 unspecified atom stereocenters. The zero-order valence-corrected chi connectivity index (χ0v) is 9.26. The van der Waals surface area contributed by atoms with Gasteiger partial charge in [0.1, 0.15) is 6.10 Å². The van der Waals surface area contributed by atoms with E-state index in [1.54, 1.807) is 0 Å². The van der Waals surface area contributed by atoms with Crippen molar-refractivity contribution in [3.05, 3.63) is 0 Å². The van der Waals surface area contributed by atoms with E-state index in [1.807, 2.05) is 0 Å². The molecule has 0 aromatic heterocycles. The van der Waals surface area contributed by atoms with Gasteiger partial charge in [0.2, 0.25) is 0 Å². The van der Waals surface area contributed by atoms with Gasteiger partial charge in [-0.15, -0.1) is 0 Å². The maximum absolute atomic E-state index is 11.0. The summed E-state index contributed by atoms with van der Waals surface area (Å²) in [5.74, 6) is -2.43. The van der Waals surface area contributed by atoms with Crippen LogP contribution in [-0.2, 0) is 28.6 Å². The summed E-state index contributed by atoms with van der Waals surface area (Å²) in [6.45, 7) is 1.09. The van der Waals surface area contributed by atoms with Crippen LogP contribution in [0.4, 0.5) is 0 Å². The smallest absolute Gasteiger partial charge is 0.338 e. The summed E-state index contributed by atoms with van der Waals surface area (Å²) >= 11 is 0. The number of methoxy groups -OCH3 is 2. The molecule has 92 valence electrons. The van der Waals surface area contributed by atoms with Crippen molar-refractivity contribution in [2.45, 2.75) is 25.6 Å². The van der Waals surface area contributed by atoms with E-state index >= 15 is 0 Å². The topological polar surface area (TPSA) is 99.1 Å². The molecule has 16 heavy (non-hydrogen) atoms. The predicted molar refractivity (Wildman–Crippen MR) is 50.2 cm³/mol. The second kappa shape index (κ2) is 6.78. The highest BCUT2D eigenvalue weighted by molar-refractivity contribution is 5.78. The van der Waals surface area contributed by atoms with Crippen LogP contribution in [0.3, 0.4) is 0 Å². The van der Waals surface area contributed by atoms with Crippen molar-refractivity contribution in [1.29, 1.82) is 0 Å². The summed E-state index contributed by atoms with van der Waals surface area (Å²) in [5.41, 5.74) is 0. The highest BCUT2D eigenvalue weighted by atomic mass is 16.6. The lowest BCUT2D eigenvalue weighted by Gasteiger charge is -2.19. The van der Waals surface area contributed by atoms with Gasteiger partial charge in [-0.1, -0.05) is 0 Å². The minimum atomic E-state index is -1.71. The lowest BCUT2D eigenvalue weighted by Crippen LogP contribution is -2.39. The van der Waals surface area contributed by atoms with Crippen LogP contribution in [-0.4, -0.2) is 49.4 Å². The third kappa shape index (κ3) is 4.74. The molecule has 0 bridgehead atoms. The molecule has 0 fully saturated rings. The third-order valence-electron chi connectivity index (χ3n) is 1.71. The highest BCUT2D eigenvalue weighted by Crippen LogP contribution is 2.08. The molecule has 0 amide bonds. The van der Waals surface area contributed by atoms with Gasteiger partial charge in [0.15, 0.2) is 6.10 Å². The van der Waals surface area contributed by atoms with E-state index in [0.29, 0.717) is 0 Å². The molecular formula is C9H14O7.